The van der Waals surface area contributed by atoms with Crippen LogP contribution < -0.4 is 5.32 Å². The second kappa shape index (κ2) is 7.88. The van der Waals surface area contributed by atoms with Gasteiger partial charge >= 0.3 is 0 Å². The van der Waals surface area contributed by atoms with E-state index in [2.05, 4.69) is 20.3 Å². The van der Waals surface area contributed by atoms with Crippen molar-refractivity contribution in [1.82, 2.24) is 15.0 Å². The predicted octanol–water partition coefficient (Wildman–Crippen LogP) is 3.91. The number of carbonyl (C=O) groups excluding carboxylic acids is 1. The fraction of sp³-hybridized carbons (Fsp3) is 0.368. The molecule has 0 aromatic carbocycles. The number of rotatable bonds is 7. The Morgan fingerprint density at radius 1 is 1.35 bits per heavy atom. The number of hydrogen-bond donors (Lipinski definition) is 2. The first-order chi connectivity index (χ1) is 12.4. The topological polar surface area (TPSA) is 88.0 Å². The third-order valence-corrected chi connectivity index (χ3v) is 5.12. The minimum atomic E-state index is -0.510. The van der Waals surface area contributed by atoms with E-state index in [1.165, 1.54) is 11.3 Å². The molecular weight excluding hydrogens is 348 g/mol. The summed E-state index contributed by atoms with van der Waals surface area (Å²) in [7, 11) is 0. The predicted molar refractivity (Wildman–Crippen MR) is 104 cm³/mol. The highest BCUT2D eigenvalue weighted by atomic mass is 32.1. The fourth-order valence-corrected chi connectivity index (χ4v) is 3.63. The highest BCUT2D eigenvalue weighted by molar-refractivity contribution is 7.19. The zero-order valence-corrected chi connectivity index (χ0v) is 15.9. The summed E-state index contributed by atoms with van der Waals surface area (Å²) in [5.74, 6) is 0.351. The lowest BCUT2D eigenvalue weighted by molar-refractivity contribution is 0.0946. The molecule has 6 nitrogen and oxygen atoms in total. The molecule has 0 aliphatic rings. The number of ketones is 1. The van der Waals surface area contributed by atoms with E-state index in [4.69, 9.17) is 0 Å². The number of aliphatic hydroxyl groups excluding tert-OH is 1. The summed E-state index contributed by atoms with van der Waals surface area (Å²) in [6, 6.07) is 5.78. The number of hydrogen-bond acceptors (Lipinski definition) is 7. The molecule has 0 bridgehead atoms. The number of anilines is 1. The van der Waals surface area contributed by atoms with Gasteiger partial charge in [-0.3, -0.25) is 9.78 Å². The summed E-state index contributed by atoms with van der Waals surface area (Å²) in [4.78, 5) is 26.9. The Hall–Kier alpha value is -2.38. The van der Waals surface area contributed by atoms with Crippen molar-refractivity contribution in [2.24, 2.45) is 0 Å². The molecule has 0 saturated carbocycles. The Kier molecular flexibility index (Phi) is 5.58. The minimum absolute atomic E-state index is 0.0405. The van der Waals surface area contributed by atoms with Crippen molar-refractivity contribution in [2.45, 2.75) is 45.8 Å². The first-order valence-corrected chi connectivity index (χ1v) is 9.41. The van der Waals surface area contributed by atoms with E-state index in [9.17, 15) is 9.90 Å². The number of aryl methyl sites for hydroxylation is 1. The zero-order valence-electron chi connectivity index (χ0n) is 15.1. The number of fused-ring (bicyclic) bond motifs is 1. The Morgan fingerprint density at radius 3 is 2.85 bits per heavy atom. The molecule has 3 rings (SSSR count). The average molecular weight is 370 g/mol. The molecular formula is C19H22N4O2S. The number of nitrogens with one attached hydrogen (secondary N) is 1. The number of aromatic nitrogens is 3. The van der Waals surface area contributed by atoms with E-state index in [-0.39, 0.29) is 18.2 Å². The van der Waals surface area contributed by atoms with E-state index in [1.54, 1.807) is 19.3 Å². The number of thiophene rings is 1. The summed E-state index contributed by atoms with van der Waals surface area (Å²) >= 11 is 1.52. The lowest BCUT2D eigenvalue weighted by Gasteiger charge is -2.14. The maximum Gasteiger partial charge on any atom is 0.224 e. The van der Waals surface area contributed by atoms with Crippen molar-refractivity contribution in [1.29, 1.82) is 0 Å². The van der Waals surface area contributed by atoms with Gasteiger partial charge in [0.2, 0.25) is 5.95 Å². The Bertz CT molecular complexity index is 909. The van der Waals surface area contributed by atoms with Gasteiger partial charge in [-0.1, -0.05) is 6.07 Å². The summed E-state index contributed by atoms with van der Waals surface area (Å²) in [6.45, 7) is 5.67. The SMILES string of the molecule is Cc1cc2nc(N[C@@H](C)c3cccnc3)nc(C(=O)CC[C@@H](C)O)c2s1. The molecule has 2 N–H and O–H groups in total. The first-order valence-electron chi connectivity index (χ1n) is 8.60. The number of aliphatic hydroxyl groups is 1. The summed E-state index contributed by atoms with van der Waals surface area (Å²) in [5.41, 5.74) is 2.21. The largest absolute Gasteiger partial charge is 0.393 e. The lowest BCUT2D eigenvalue weighted by atomic mass is 10.1. The molecule has 7 heteroatoms. The molecule has 0 aliphatic heterocycles. The number of nitrogens with zero attached hydrogens (tertiary/aromatic N) is 3. The van der Waals surface area contributed by atoms with Gasteiger partial charge in [-0.05, 0) is 44.9 Å². The van der Waals surface area contributed by atoms with Crippen molar-refractivity contribution in [3.8, 4) is 0 Å². The highest BCUT2D eigenvalue weighted by Gasteiger charge is 2.18. The van der Waals surface area contributed by atoms with Gasteiger partial charge in [0.25, 0.3) is 0 Å². The molecule has 26 heavy (non-hydrogen) atoms. The molecule has 0 saturated heterocycles. The molecule has 0 radical (unpaired) electrons. The maximum atomic E-state index is 12.6. The quantitative estimate of drug-likeness (QED) is 0.613. The number of carbonyl (C=O) groups is 1. The Balaban J connectivity index is 1.92. The van der Waals surface area contributed by atoms with Crippen LogP contribution in [0.4, 0.5) is 5.95 Å². The van der Waals surface area contributed by atoms with Crippen LogP contribution in [0, 0.1) is 6.92 Å². The zero-order chi connectivity index (χ0) is 18.7. The molecule has 136 valence electrons. The lowest BCUT2D eigenvalue weighted by Crippen LogP contribution is -2.13. The Labute approximate surface area is 156 Å². The summed E-state index contributed by atoms with van der Waals surface area (Å²) in [6.07, 6.45) is 3.69. The smallest absolute Gasteiger partial charge is 0.224 e. The van der Waals surface area contributed by atoms with Crippen LogP contribution in [0.15, 0.2) is 30.6 Å². The van der Waals surface area contributed by atoms with Gasteiger partial charge in [0, 0.05) is 23.7 Å². The van der Waals surface area contributed by atoms with Crippen molar-refractivity contribution in [3.63, 3.8) is 0 Å². The van der Waals surface area contributed by atoms with E-state index in [1.807, 2.05) is 32.0 Å². The van der Waals surface area contributed by atoms with Crippen LogP contribution in [-0.4, -0.2) is 31.9 Å². The Morgan fingerprint density at radius 2 is 2.15 bits per heavy atom. The molecule has 2 atom stereocenters. The normalized spacial score (nSPS) is 13.5. The minimum Gasteiger partial charge on any atom is -0.393 e. The van der Waals surface area contributed by atoms with Crippen LogP contribution in [0.5, 0.6) is 0 Å². The molecule has 0 amide bonds. The van der Waals surface area contributed by atoms with E-state index in [0.717, 1.165) is 20.7 Å². The van der Waals surface area contributed by atoms with Gasteiger partial charge in [-0.15, -0.1) is 11.3 Å². The van der Waals surface area contributed by atoms with Gasteiger partial charge in [0.05, 0.1) is 22.4 Å². The summed E-state index contributed by atoms with van der Waals surface area (Å²) in [5, 5.41) is 12.7. The van der Waals surface area contributed by atoms with Crippen LogP contribution in [0.1, 0.15) is 53.7 Å². The standard InChI is InChI=1S/C19H22N4O2S/c1-11(24)6-7-16(25)17-18-15(9-12(2)26-18)22-19(23-17)21-13(3)14-5-4-8-20-10-14/h4-5,8-11,13,24H,6-7H2,1-3H3,(H,21,22,23)/t11-,13+/m1/s1. The van der Waals surface area contributed by atoms with Gasteiger partial charge < -0.3 is 10.4 Å². The molecule has 3 aromatic heterocycles. The second-order valence-corrected chi connectivity index (χ2v) is 7.69. The molecule has 0 aliphatic carbocycles. The van der Waals surface area contributed by atoms with Crippen LogP contribution in [0.25, 0.3) is 10.2 Å². The van der Waals surface area contributed by atoms with Crippen molar-refractivity contribution < 1.29 is 9.90 Å². The van der Waals surface area contributed by atoms with Crippen LogP contribution >= 0.6 is 11.3 Å². The third-order valence-electron chi connectivity index (χ3n) is 4.08. The monoisotopic (exact) mass is 370 g/mol. The molecule has 0 spiro atoms. The van der Waals surface area contributed by atoms with Crippen LogP contribution in [0.3, 0.4) is 0 Å². The molecule has 3 heterocycles. The number of Topliss-reactive ketones (excluding diaryl/α,β-unsaturated/α-hetero) is 1. The van der Waals surface area contributed by atoms with Gasteiger partial charge in [-0.2, -0.15) is 0 Å². The van der Waals surface area contributed by atoms with E-state index >= 15 is 0 Å². The second-order valence-electron chi connectivity index (χ2n) is 6.43. The van der Waals surface area contributed by atoms with Crippen molar-refractivity contribution in [2.75, 3.05) is 5.32 Å². The molecule has 0 fully saturated rings. The third kappa shape index (κ3) is 4.23. The van der Waals surface area contributed by atoms with Crippen LogP contribution in [-0.2, 0) is 0 Å². The number of pyridine rings is 1. The van der Waals surface area contributed by atoms with E-state index in [0.29, 0.717) is 18.1 Å². The average Bonchev–Trinajstić information content (AvgIpc) is 2.99. The van der Waals surface area contributed by atoms with Gasteiger partial charge in [-0.25, -0.2) is 9.97 Å². The maximum absolute atomic E-state index is 12.6. The fourth-order valence-electron chi connectivity index (χ4n) is 2.67. The van der Waals surface area contributed by atoms with E-state index < -0.39 is 6.10 Å². The first kappa shape index (κ1) is 18.4. The highest BCUT2D eigenvalue weighted by Crippen LogP contribution is 2.29. The molecule has 0 unspecified atom stereocenters. The van der Waals surface area contributed by atoms with Crippen LogP contribution in [0.2, 0.25) is 0 Å². The van der Waals surface area contributed by atoms with Gasteiger partial charge in [0.1, 0.15) is 5.69 Å². The van der Waals surface area contributed by atoms with Crippen molar-refractivity contribution >= 4 is 33.3 Å². The summed E-state index contributed by atoms with van der Waals surface area (Å²) < 4.78 is 0.803. The molecule has 3 aromatic rings. The van der Waals surface area contributed by atoms with Gasteiger partial charge in [0.15, 0.2) is 5.78 Å². The van der Waals surface area contributed by atoms with Crippen molar-refractivity contribution in [3.05, 3.63) is 46.7 Å².